The molecule has 0 atom stereocenters. The monoisotopic (exact) mass is 212 g/mol. The third-order valence-electron chi connectivity index (χ3n) is 1.30. The molecule has 0 fully saturated rings. The fourth-order valence-electron chi connectivity index (χ4n) is 0.687. The van der Waals surface area contributed by atoms with Crippen molar-refractivity contribution in [2.45, 2.75) is 6.42 Å². The van der Waals surface area contributed by atoms with Gasteiger partial charge in [-0.05, 0) is 6.42 Å². The van der Waals surface area contributed by atoms with Crippen LogP contribution in [-0.4, -0.2) is 19.4 Å². The number of hydrogen-bond donors (Lipinski definition) is 0. The van der Waals surface area contributed by atoms with Gasteiger partial charge in [-0.1, -0.05) is 17.9 Å². The topological polar surface area (TPSA) is 35.5 Å². The highest BCUT2D eigenvalue weighted by atomic mass is 31.2. The van der Waals surface area contributed by atoms with Crippen LogP contribution in [0.5, 0.6) is 0 Å². The lowest BCUT2D eigenvalue weighted by atomic mass is 10.5. The van der Waals surface area contributed by atoms with Crippen molar-refractivity contribution in [2.75, 3.05) is 19.4 Å². The van der Waals surface area contributed by atoms with Crippen molar-refractivity contribution in [1.29, 1.82) is 0 Å². The van der Waals surface area contributed by atoms with Crippen LogP contribution in [0, 0.1) is 24.7 Å². The Labute approximate surface area is 85.0 Å². The van der Waals surface area contributed by atoms with Gasteiger partial charge < -0.3 is 0 Å². The number of rotatable bonds is 7. The molecule has 0 aromatic heterocycles. The second-order valence-corrected chi connectivity index (χ2v) is 4.55. The van der Waals surface area contributed by atoms with E-state index in [9.17, 15) is 4.57 Å². The van der Waals surface area contributed by atoms with Crippen LogP contribution in [0.15, 0.2) is 12.7 Å². The molecule has 14 heavy (non-hydrogen) atoms. The van der Waals surface area contributed by atoms with Gasteiger partial charge in [0.05, 0.1) is 6.16 Å². The maximum absolute atomic E-state index is 11.8. The van der Waals surface area contributed by atoms with E-state index < -0.39 is 7.60 Å². The van der Waals surface area contributed by atoms with Gasteiger partial charge in [0.25, 0.3) is 0 Å². The molecule has 0 N–H and O–H groups in total. The zero-order valence-electron chi connectivity index (χ0n) is 7.94. The van der Waals surface area contributed by atoms with E-state index >= 15 is 0 Å². The summed E-state index contributed by atoms with van der Waals surface area (Å²) in [5.41, 5.74) is 0. The molecule has 0 saturated heterocycles. The molecule has 0 unspecified atom stereocenters. The predicted octanol–water partition coefficient (Wildman–Crippen LogP) is 2.06. The minimum absolute atomic E-state index is 0.0427. The van der Waals surface area contributed by atoms with Crippen molar-refractivity contribution in [2.24, 2.45) is 0 Å². The average Bonchev–Trinajstić information content (AvgIpc) is 2.21. The highest BCUT2D eigenvalue weighted by Crippen LogP contribution is 2.48. The Bertz CT molecular complexity index is 273. The Morgan fingerprint density at radius 3 is 2.14 bits per heavy atom. The van der Waals surface area contributed by atoms with E-state index in [2.05, 4.69) is 18.4 Å². The Balaban J connectivity index is 4.20. The summed E-state index contributed by atoms with van der Waals surface area (Å²) in [4.78, 5) is 0. The lowest BCUT2D eigenvalue weighted by Gasteiger charge is -2.14. The second-order valence-electron chi connectivity index (χ2n) is 2.37. The molecular weight excluding hydrogens is 199 g/mol. The minimum Gasteiger partial charge on any atom is -0.295 e. The highest BCUT2D eigenvalue weighted by molar-refractivity contribution is 7.53. The third-order valence-corrected chi connectivity index (χ3v) is 3.15. The van der Waals surface area contributed by atoms with Gasteiger partial charge in [-0.2, -0.15) is 0 Å². The van der Waals surface area contributed by atoms with Crippen molar-refractivity contribution < 1.29 is 13.6 Å². The van der Waals surface area contributed by atoms with Crippen molar-refractivity contribution in [1.82, 2.24) is 0 Å². The molecule has 0 amide bonds. The van der Waals surface area contributed by atoms with Crippen LogP contribution in [-0.2, 0) is 13.6 Å². The molecule has 0 aliphatic heterocycles. The second kappa shape index (κ2) is 7.42. The first kappa shape index (κ1) is 13.0. The molecular formula is C10H13O3P. The molecule has 4 heteroatoms. The summed E-state index contributed by atoms with van der Waals surface area (Å²) >= 11 is 0. The maximum Gasteiger partial charge on any atom is 0.332 e. The van der Waals surface area contributed by atoms with Gasteiger partial charge in [0, 0.05) is 0 Å². The Kier molecular flexibility index (Phi) is 6.89. The number of hydrogen-bond acceptors (Lipinski definition) is 3. The summed E-state index contributed by atoms with van der Waals surface area (Å²) < 4.78 is 21.7. The van der Waals surface area contributed by atoms with E-state index in [-0.39, 0.29) is 19.4 Å². The van der Waals surface area contributed by atoms with Crippen LogP contribution >= 0.6 is 7.60 Å². The number of terminal acetylenes is 2. The van der Waals surface area contributed by atoms with Crippen LogP contribution < -0.4 is 0 Å². The smallest absolute Gasteiger partial charge is 0.295 e. The van der Waals surface area contributed by atoms with E-state index in [1.165, 1.54) is 0 Å². The van der Waals surface area contributed by atoms with Crippen molar-refractivity contribution >= 4 is 7.60 Å². The SMILES string of the molecule is C#CCOP(=O)(CCC=C)OCC#C. The number of allylic oxidation sites excluding steroid dienone is 1. The fraction of sp³-hybridized carbons (Fsp3) is 0.400. The van der Waals surface area contributed by atoms with Gasteiger partial charge >= 0.3 is 7.60 Å². The molecule has 0 aliphatic carbocycles. The zero-order chi connectivity index (χ0) is 10.9. The molecule has 0 aromatic carbocycles. The standard InChI is InChI=1S/C10H13O3P/c1-4-7-10-14(11,12-8-5-2)13-9-6-3/h2-4H,1,7-10H2. The van der Waals surface area contributed by atoms with Gasteiger partial charge in [0.15, 0.2) is 0 Å². The quantitative estimate of drug-likeness (QED) is 0.368. The normalized spacial score (nSPS) is 10.1. The molecule has 0 aromatic rings. The van der Waals surface area contributed by atoms with Gasteiger partial charge in [0.1, 0.15) is 13.2 Å². The lowest BCUT2D eigenvalue weighted by Crippen LogP contribution is -2.00. The van der Waals surface area contributed by atoms with Gasteiger partial charge in [-0.15, -0.1) is 19.4 Å². The molecule has 0 saturated carbocycles. The van der Waals surface area contributed by atoms with Crippen LogP contribution in [0.25, 0.3) is 0 Å². The summed E-state index contributed by atoms with van der Waals surface area (Å²) in [6.07, 6.45) is 12.4. The van der Waals surface area contributed by atoms with Crippen molar-refractivity contribution in [3.05, 3.63) is 12.7 Å². The lowest BCUT2D eigenvalue weighted by molar-refractivity contribution is 0.242. The molecule has 76 valence electrons. The first-order chi connectivity index (χ1) is 6.68. The minimum atomic E-state index is -3.13. The van der Waals surface area contributed by atoms with E-state index in [4.69, 9.17) is 21.9 Å². The predicted molar refractivity (Wildman–Crippen MR) is 56.9 cm³/mol. The summed E-state index contributed by atoms with van der Waals surface area (Å²) in [6, 6.07) is 0. The molecule has 0 radical (unpaired) electrons. The molecule has 0 heterocycles. The first-order valence-electron chi connectivity index (χ1n) is 4.04. The summed E-state index contributed by atoms with van der Waals surface area (Å²) in [7, 11) is -3.13. The summed E-state index contributed by atoms with van der Waals surface area (Å²) in [5, 5.41) is 0. The summed E-state index contributed by atoms with van der Waals surface area (Å²) in [5.74, 6) is 4.45. The Hall–Kier alpha value is -0.990. The largest absolute Gasteiger partial charge is 0.332 e. The molecule has 0 aliphatic rings. The van der Waals surface area contributed by atoms with Crippen LogP contribution in [0.3, 0.4) is 0 Å². The van der Waals surface area contributed by atoms with E-state index in [1.54, 1.807) is 6.08 Å². The first-order valence-corrected chi connectivity index (χ1v) is 5.77. The highest BCUT2D eigenvalue weighted by Gasteiger charge is 2.22. The van der Waals surface area contributed by atoms with Crippen LogP contribution in [0.2, 0.25) is 0 Å². The Morgan fingerprint density at radius 1 is 1.29 bits per heavy atom. The maximum atomic E-state index is 11.8. The third kappa shape index (κ3) is 5.62. The Morgan fingerprint density at radius 2 is 1.79 bits per heavy atom. The summed E-state index contributed by atoms with van der Waals surface area (Å²) in [6.45, 7) is 3.43. The van der Waals surface area contributed by atoms with Crippen LogP contribution in [0.1, 0.15) is 6.42 Å². The van der Waals surface area contributed by atoms with Gasteiger partial charge in [-0.3, -0.25) is 13.6 Å². The average molecular weight is 212 g/mol. The van der Waals surface area contributed by atoms with Crippen molar-refractivity contribution in [3.63, 3.8) is 0 Å². The molecule has 3 nitrogen and oxygen atoms in total. The molecule has 0 rings (SSSR count). The van der Waals surface area contributed by atoms with Gasteiger partial charge in [0.2, 0.25) is 0 Å². The van der Waals surface area contributed by atoms with E-state index in [0.717, 1.165) is 0 Å². The van der Waals surface area contributed by atoms with Crippen molar-refractivity contribution in [3.8, 4) is 24.7 Å². The van der Waals surface area contributed by atoms with Gasteiger partial charge in [-0.25, -0.2) is 0 Å². The molecule has 0 bridgehead atoms. The van der Waals surface area contributed by atoms with Crippen LogP contribution in [0.4, 0.5) is 0 Å². The molecule has 0 spiro atoms. The van der Waals surface area contributed by atoms with E-state index in [1.807, 2.05) is 0 Å². The zero-order valence-corrected chi connectivity index (χ0v) is 8.83. The van der Waals surface area contributed by atoms with E-state index in [0.29, 0.717) is 6.42 Å². The fourth-order valence-corrected chi connectivity index (χ4v) is 2.06.